The Kier molecular flexibility index (Phi) is 5.21. The molecule has 120 valence electrons. The van der Waals surface area contributed by atoms with E-state index in [9.17, 15) is 9.18 Å². The van der Waals surface area contributed by atoms with Gasteiger partial charge in [-0.1, -0.05) is 26.5 Å². The second kappa shape index (κ2) is 7.13. The maximum absolute atomic E-state index is 13.6. The fourth-order valence-corrected chi connectivity index (χ4v) is 2.24. The summed E-state index contributed by atoms with van der Waals surface area (Å²) < 4.78 is 19.4. The van der Waals surface area contributed by atoms with E-state index < -0.39 is 11.9 Å². The second-order valence-corrected chi connectivity index (χ2v) is 5.33. The molecule has 1 aromatic rings. The molecule has 0 radical (unpaired) electrons. The number of halogens is 1. The Hall–Kier alpha value is -2.56. The monoisotopic (exact) mass is 314 g/mol. The largest absolute Gasteiger partial charge is 0.477 e. The van der Waals surface area contributed by atoms with E-state index in [4.69, 9.17) is 4.74 Å². The summed E-state index contributed by atoms with van der Waals surface area (Å²) >= 11 is 0. The van der Waals surface area contributed by atoms with Crippen molar-refractivity contribution in [2.45, 2.75) is 32.8 Å². The number of carbonyl (C=O) groups excluding carboxylic acids is 1. The molecule has 0 bridgehead atoms. The van der Waals surface area contributed by atoms with Gasteiger partial charge in [0, 0.05) is 0 Å². The third-order valence-electron chi connectivity index (χ3n) is 3.47. The first-order valence-electron chi connectivity index (χ1n) is 7.38. The zero-order valence-corrected chi connectivity index (χ0v) is 13.3. The number of hydrogen-bond donors (Lipinski definition) is 0. The molecule has 1 unspecified atom stereocenters. The number of ketones is 1. The van der Waals surface area contributed by atoms with E-state index in [2.05, 4.69) is 23.1 Å². The zero-order valence-electron chi connectivity index (χ0n) is 13.3. The van der Waals surface area contributed by atoms with E-state index >= 15 is 0 Å². The van der Waals surface area contributed by atoms with Gasteiger partial charge in [-0.15, -0.1) is 0 Å². The summed E-state index contributed by atoms with van der Waals surface area (Å²) in [4.78, 5) is 20.6. The number of carbonyl (C=O) groups is 1. The van der Waals surface area contributed by atoms with Crippen LogP contribution in [-0.2, 0) is 0 Å². The van der Waals surface area contributed by atoms with E-state index in [0.717, 1.165) is 6.42 Å². The second-order valence-electron chi connectivity index (χ2n) is 5.33. The van der Waals surface area contributed by atoms with E-state index in [0.29, 0.717) is 23.4 Å². The third-order valence-corrected chi connectivity index (χ3v) is 3.47. The number of ether oxygens (including phenoxy) is 1. The van der Waals surface area contributed by atoms with Crippen LogP contribution in [0.25, 0.3) is 0 Å². The van der Waals surface area contributed by atoms with Crippen LogP contribution in [0, 0.1) is 5.82 Å². The molecule has 23 heavy (non-hydrogen) atoms. The van der Waals surface area contributed by atoms with Crippen molar-refractivity contribution in [1.82, 2.24) is 0 Å². The molecule has 0 fully saturated rings. The maximum Gasteiger partial charge on any atom is 0.192 e. The molecular weight excluding hydrogens is 295 g/mol. The summed E-state index contributed by atoms with van der Waals surface area (Å²) in [6.45, 7) is 11.3. The lowest BCUT2D eigenvalue weighted by atomic mass is 10.00. The van der Waals surface area contributed by atoms with Gasteiger partial charge in [-0.25, -0.2) is 14.4 Å². The van der Waals surface area contributed by atoms with E-state index in [1.165, 1.54) is 24.5 Å². The fraction of sp³-hybridized carbons (Fsp3) is 0.278. The average molecular weight is 314 g/mol. The van der Waals surface area contributed by atoms with Gasteiger partial charge in [0.2, 0.25) is 0 Å². The minimum absolute atomic E-state index is 0.151. The highest BCUT2D eigenvalue weighted by Gasteiger charge is 2.24. The molecule has 1 aliphatic rings. The topological polar surface area (TPSA) is 51.0 Å². The molecule has 0 aliphatic carbocycles. The van der Waals surface area contributed by atoms with Crippen LogP contribution in [0.4, 0.5) is 4.39 Å². The van der Waals surface area contributed by atoms with Crippen molar-refractivity contribution in [3.8, 4) is 5.75 Å². The first kappa shape index (κ1) is 16.8. The van der Waals surface area contributed by atoms with Gasteiger partial charge in [-0.05, 0) is 37.1 Å². The van der Waals surface area contributed by atoms with E-state index in [1.807, 2.05) is 6.92 Å². The average Bonchev–Trinajstić information content (AvgIpc) is 2.51. The molecular formula is C18H19FN2O2. The standard InChI is InChI=1S/C18H19FN2O2/c1-5-6-11(2)17(22)15-9-14(19)7-8-16(15)23-18-12(3)20-10-21-13(18)4/h7-10,18H,2-3,5-6H2,1,4H3. The van der Waals surface area contributed by atoms with Crippen LogP contribution in [0.15, 0.2) is 52.6 Å². The molecule has 1 atom stereocenters. The van der Waals surface area contributed by atoms with Crippen molar-refractivity contribution in [1.29, 1.82) is 0 Å². The van der Waals surface area contributed by atoms with Crippen molar-refractivity contribution in [2.24, 2.45) is 9.98 Å². The van der Waals surface area contributed by atoms with Crippen LogP contribution < -0.4 is 4.74 Å². The number of nitrogens with zero attached hydrogens (tertiary/aromatic N) is 2. The highest BCUT2D eigenvalue weighted by Crippen LogP contribution is 2.27. The smallest absolute Gasteiger partial charge is 0.192 e. The molecule has 0 N–H and O–H groups in total. The van der Waals surface area contributed by atoms with Crippen LogP contribution in [0.2, 0.25) is 0 Å². The summed E-state index contributed by atoms with van der Waals surface area (Å²) in [6, 6.07) is 3.84. The van der Waals surface area contributed by atoms with E-state index in [-0.39, 0.29) is 17.1 Å². The van der Waals surface area contributed by atoms with Crippen LogP contribution >= 0.6 is 0 Å². The Balaban J connectivity index is 2.34. The maximum atomic E-state index is 13.6. The van der Waals surface area contributed by atoms with Gasteiger partial charge in [0.05, 0.1) is 17.0 Å². The molecule has 0 aromatic heterocycles. The number of Topliss-reactive ketones (excluding diaryl/α,β-unsaturated/α-hetero) is 1. The number of hydrogen-bond acceptors (Lipinski definition) is 4. The highest BCUT2D eigenvalue weighted by molar-refractivity contribution is 6.10. The number of rotatable bonds is 6. The molecule has 1 aliphatic heterocycles. The Morgan fingerprint density at radius 2 is 2.17 bits per heavy atom. The minimum Gasteiger partial charge on any atom is -0.477 e. The quantitative estimate of drug-likeness (QED) is 0.585. The van der Waals surface area contributed by atoms with Gasteiger partial charge in [0.1, 0.15) is 17.9 Å². The zero-order chi connectivity index (χ0) is 17.0. The van der Waals surface area contributed by atoms with Crippen molar-refractivity contribution in [3.05, 3.63) is 54.0 Å². The first-order valence-corrected chi connectivity index (χ1v) is 7.38. The van der Waals surface area contributed by atoms with Gasteiger partial charge < -0.3 is 4.74 Å². The molecule has 0 spiro atoms. The summed E-state index contributed by atoms with van der Waals surface area (Å²) in [7, 11) is 0. The van der Waals surface area contributed by atoms with Gasteiger partial charge in [0.25, 0.3) is 0 Å². The van der Waals surface area contributed by atoms with Gasteiger partial charge in [-0.3, -0.25) is 4.79 Å². The molecule has 2 rings (SSSR count). The van der Waals surface area contributed by atoms with Gasteiger partial charge >= 0.3 is 0 Å². The number of allylic oxidation sites excluding steroid dienone is 1. The lowest BCUT2D eigenvalue weighted by Gasteiger charge is -2.22. The predicted molar refractivity (Wildman–Crippen MR) is 89.9 cm³/mol. The third kappa shape index (κ3) is 3.80. The van der Waals surface area contributed by atoms with Crippen LogP contribution in [0.5, 0.6) is 5.75 Å². The highest BCUT2D eigenvalue weighted by atomic mass is 19.1. The van der Waals surface area contributed by atoms with Gasteiger partial charge in [0.15, 0.2) is 11.9 Å². The van der Waals surface area contributed by atoms with Crippen molar-refractivity contribution < 1.29 is 13.9 Å². The molecule has 0 amide bonds. The molecule has 1 aromatic carbocycles. The molecule has 1 heterocycles. The van der Waals surface area contributed by atoms with Crippen LogP contribution in [-0.4, -0.2) is 23.9 Å². The Bertz CT molecular complexity index is 720. The van der Waals surface area contributed by atoms with Crippen LogP contribution in [0.1, 0.15) is 37.0 Å². The summed E-state index contributed by atoms with van der Waals surface area (Å²) in [6.07, 6.45) is 2.17. The molecule has 0 saturated carbocycles. The Labute approximate surface area is 135 Å². The summed E-state index contributed by atoms with van der Waals surface area (Å²) in [5.74, 6) is -0.553. The Morgan fingerprint density at radius 1 is 1.43 bits per heavy atom. The summed E-state index contributed by atoms with van der Waals surface area (Å²) in [5, 5.41) is 0. The lowest BCUT2D eigenvalue weighted by molar-refractivity contribution is 0.102. The van der Waals surface area contributed by atoms with Gasteiger partial charge in [-0.2, -0.15) is 0 Å². The Morgan fingerprint density at radius 3 is 2.83 bits per heavy atom. The predicted octanol–water partition coefficient (Wildman–Crippen LogP) is 4.13. The number of benzene rings is 1. The summed E-state index contributed by atoms with van der Waals surface area (Å²) in [5.41, 5.74) is 1.72. The number of aliphatic imine (C=N–C) groups is 2. The first-order chi connectivity index (χ1) is 10.9. The SMILES string of the molecule is C=C(CCC)C(=O)c1cc(F)ccc1OC1C(=C)N=CN=C1C. The minimum atomic E-state index is -0.573. The molecule has 5 heteroatoms. The van der Waals surface area contributed by atoms with E-state index in [1.54, 1.807) is 6.92 Å². The normalized spacial score (nSPS) is 16.9. The van der Waals surface area contributed by atoms with Crippen molar-refractivity contribution in [3.63, 3.8) is 0 Å². The fourth-order valence-electron chi connectivity index (χ4n) is 2.24. The van der Waals surface area contributed by atoms with Crippen molar-refractivity contribution >= 4 is 17.8 Å². The van der Waals surface area contributed by atoms with Crippen molar-refractivity contribution in [2.75, 3.05) is 0 Å². The molecule has 4 nitrogen and oxygen atoms in total. The lowest BCUT2D eigenvalue weighted by Crippen LogP contribution is -2.29. The molecule has 0 saturated heterocycles. The van der Waals surface area contributed by atoms with Crippen LogP contribution in [0.3, 0.4) is 0 Å².